The lowest BCUT2D eigenvalue weighted by Crippen LogP contribution is -2.29. The first-order valence-corrected chi connectivity index (χ1v) is 3.01. The molecule has 0 aromatic heterocycles. The lowest BCUT2D eigenvalue weighted by Gasteiger charge is -2.17. The average molecular weight is 158 g/mol. The number of nitrogens with zero attached hydrogens (tertiary/aromatic N) is 1. The molecule has 0 rings (SSSR count). The van der Waals surface area contributed by atoms with E-state index in [1.807, 2.05) is 5.43 Å². The Morgan fingerprint density at radius 2 is 2.09 bits per heavy atom. The summed E-state index contributed by atoms with van der Waals surface area (Å²) in [5, 5.41) is 2.83. The van der Waals surface area contributed by atoms with Crippen LogP contribution in [0.1, 0.15) is 20.8 Å². The van der Waals surface area contributed by atoms with Crippen LogP contribution in [0, 0.1) is 0 Å². The predicted octanol–water partition coefficient (Wildman–Crippen LogP) is 0.762. The van der Waals surface area contributed by atoms with Gasteiger partial charge in [-0.15, -0.1) is 0 Å². The molecule has 0 heterocycles. The maximum Gasteiger partial charge on any atom is 0.428 e. The molecule has 5 heteroatoms. The van der Waals surface area contributed by atoms with E-state index in [4.69, 9.17) is 4.74 Å². The van der Waals surface area contributed by atoms with Gasteiger partial charge < -0.3 is 4.74 Å². The van der Waals surface area contributed by atoms with Gasteiger partial charge in [-0.1, -0.05) is 5.10 Å². The van der Waals surface area contributed by atoms with Crippen molar-refractivity contribution in [2.24, 2.45) is 5.10 Å². The first-order valence-electron chi connectivity index (χ1n) is 3.01. The zero-order valence-corrected chi connectivity index (χ0v) is 6.67. The van der Waals surface area contributed by atoms with Gasteiger partial charge >= 0.3 is 6.09 Å². The van der Waals surface area contributed by atoms with Gasteiger partial charge in [0.2, 0.25) is 0 Å². The highest BCUT2D eigenvalue weighted by Crippen LogP contribution is 2.05. The summed E-state index contributed by atoms with van der Waals surface area (Å²) in [7, 11) is 0. The average Bonchev–Trinajstić information content (AvgIpc) is 1.79. The molecule has 0 aromatic rings. The fourth-order valence-corrected chi connectivity index (χ4v) is 0.369. The van der Waals surface area contributed by atoms with Crippen molar-refractivity contribution in [3.05, 3.63) is 0 Å². The Hall–Kier alpha value is -1.35. The summed E-state index contributed by atoms with van der Waals surface area (Å²) in [6, 6.07) is 0. The molecule has 0 spiro atoms. The molecule has 0 fully saturated rings. The number of hydrogen-bond acceptors (Lipinski definition) is 4. The summed E-state index contributed by atoms with van der Waals surface area (Å²) in [6.07, 6.45) is 0.384. The molecular formula is C6H10N2O3. The van der Waals surface area contributed by atoms with E-state index in [-0.39, 0.29) is 0 Å². The van der Waals surface area contributed by atoms with Gasteiger partial charge in [-0.05, 0) is 20.8 Å². The van der Waals surface area contributed by atoms with E-state index in [1.54, 1.807) is 20.8 Å². The van der Waals surface area contributed by atoms with E-state index in [0.29, 0.717) is 0 Å². The molecule has 0 aromatic carbocycles. The summed E-state index contributed by atoms with van der Waals surface area (Å²) >= 11 is 0. The molecule has 11 heavy (non-hydrogen) atoms. The largest absolute Gasteiger partial charge is 0.443 e. The van der Waals surface area contributed by atoms with E-state index >= 15 is 0 Å². The predicted molar refractivity (Wildman–Crippen MR) is 37.5 cm³/mol. The number of carbonyl (C=O) groups is 1. The third-order valence-corrected chi connectivity index (χ3v) is 0.592. The van der Waals surface area contributed by atoms with Crippen LogP contribution in [0.3, 0.4) is 0 Å². The molecule has 0 aliphatic heterocycles. The van der Waals surface area contributed by atoms with Gasteiger partial charge in [0.25, 0.3) is 6.08 Å². The zero-order chi connectivity index (χ0) is 8.91. The van der Waals surface area contributed by atoms with Gasteiger partial charge in [0.1, 0.15) is 5.60 Å². The van der Waals surface area contributed by atoms with Crippen LogP contribution < -0.4 is 5.43 Å². The second kappa shape index (κ2) is 3.73. The fraction of sp³-hybridized carbons (Fsp3) is 0.667. The number of isocyanates is 1. The summed E-state index contributed by atoms with van der Waals surface area (Å²) < 4.78 is 4.72. The molecule has 0 aliphatic carbocycles. The van der Waals surface area contributed by atoms with Crippen LogP contribution in [-0.4, -0.2) is 17.8 Å². The Labute approximate surface area is 64.4 Å². The van der Waals surface area contributed by atoms with Gasteiger partial charge in [0.05, 0.1) is 0 Å². The van der Waals surface area contributed by atoms with Crippen LogP contribution in [0.25, 0.3) is 0 Å². The molecular weight excluding hydrogens is 148 g/mol. The minimum Gasteiger partial charge on any atom is -0.443 e. The number of hydrogen-bond donors (Lipinski definition) is 1. The van der Waals surface area contributed by atoms with E-state index in [9.17, 15) is 9.59 Å². The van der Waals surface area contributed by atoms with Crippen LogP contribution in [0.4, 0.5) is 4.79 Å². The SMILES string of the molecule is CC(C)(C)OC(=O)NN=C=O. The molecule has 0 aliphatic rings. The standard InChI is InChI=1S/C6H10N2O3/c1-6(2,3)11-5(10)8-7-4-9/h1-3H3,(H,8,10). The van der Waals surface area contributed by atoms with Crippen molar-refractivity contribution in [2.45, 2.75) is 26.4 Å². The molecule has 0 saturated carbocycles. The van der Waals surface area contributed by atoms with Crippen molar-refractivity contribution in [3.8, 4) is 0 Å². The van der Waals surface area contributed by atoms with E-state index in [2.05, 4.69) is 5.10 Å². The van der Waals surface area contributed by atoms with Crippen LogP contribution in [-0.2, 0) is 9.53 Å². The maximum atomic E-state index is 10.6. The molecule has 0 unspecified atom stereocenters. The molecule has 1 amide bonds. The minimum absolute atomic E-state index is 0.581. The number of ether oxygens (including phenoxy) is 1. The lowest BCUT2D eigenvalue weighted by atomic mass is 10.2. The molecule has 0 radical (unpaired) electrons. The van der Waals surface area contributed by atoms with E-state index in [1.165, 1.54) is 0 Å². The Balaban J connectivity index is 3.79. The van der Waals surface area contributed by atoms with Gasteiger partial charge in [0, 0.05) is 0 Å². The second-order valence-electron chi connectivity index (χ2n) is 2.82. The van der Waals surface area contributed by atoms with Crippen molar-refractivity contribution < 1.29 is 14.3 Å². The van der Waals surface area contributed by atoms with E-state index in [0.717, 1.165) is 6.08 Å². The quantitative estimate of drug-likeness (QED) is 0.348. The number of carbonyl (C=O) groups excluding carboxylic acids is 2. The fourth-order valence-electron chi connectivity index (χ4n) is 0.369. The highest BCUT2D eigenvalue weighted by atomic mass is 16.6. The summed E-state index contributed by atoms with van der Waals surface area (Å²) in [4.78, 5) is 20.1. The minimum atomic E-state index is -0.763. The number of hydrazone groups is 1. The maximum absolute atomic E-state index is 10.6. The molecule has 0 saturated heterocycles. The Kier molecular flexibility index (Phi) is 3.27. The van der Waals surface area contributed by atoms with Crippen LogP contribution in [0.15, 0.2) is 5.10 Å². The molecule has 0 atom stereocenters. The smallest absolute Gasteiger partial charge is 0.428 e. The van der Waals surface area contributed by atoms with E-state index < -0.39 is 11.7 Å². The molecule has 62 valence electrons. The van der Waals surface area contributed by atoms with Gasteiger partial charge in [0.15, 0.2) is 0 Å². The highest BCUT2D eigenvalue weighted by Gasteiger charge is 2.15. The monoisotopic (exact) mass is 158 g/mol. The zero-order valence-electron chi connectivity index (χ0n) is 6.67. The Morgan fingerprint density at radius 3 is 2.45 bits per heavy atom. The number of nitrogens with one attached hydrogen (secondary N) is 1. The Morgan fingerprint density at radius 1 is 1.55 bits per heavy atom. The molecule has 0 bridgehead atoms. The lowest BCUT2D eigenvalue weighted by molar-refractivity contribution is 0.0529. The number of rotatable bonds is 1. The normalized spacial score (nSPS) is 9.73. The highest BCUT2D eigenvalue weighted by molar-refractivity contribution is 5.67. The number of amides is 1. The summed E-state index contributed by atoms with van der Waals surface area (Å²) in [5.41, 5.74) is 1.25. The Bertz CT molecular complexity index is 188. The topological polar surface area (TPSA) is 67.8 Å². The van der Waals surface area contributed by atoms with Crippen molar-refractivity contribution in [3.63, 3.8) is 0 Å². The first-order chi connectivity index (χ1) is 4.95. The molecule has 5 nitrogen and oxygen atoms in total. The van der Waals surface area contributed by atoms with Crippen LogP contribution >= 0.6 is 0 Å². The van der Waals surface area contributed by atoms with Gasteiger partial charge in [-0.2, -0.15) is 0 Å². The molecule has 1 N–H and O–H groups in total. The first kappa shape index (κ1) is 9.65. The van der Waals surface area contributed by atoms with Crippen molar-refractivity contribution >= 4 is 12.2 Å². The van der Waals surface area contributed by atoms with Gasteiger partial charge in [-0.25, -0.2) is 15.0 Å². The van der Waals surface area contributed by atoms with Crippen LogP contribution in [0.5, 0.6) is 0 Å². The van der Waals surface area contributed by atoms with Crippen molar-refractivity contribution in [2.75, 3.05) is 0 Å². The van der Waals surface area contributed by atoms with Gasteiger partial charge in [-0.3, -0.25) is 0 Å². The van der Waals surface area contributed by atoms with Crippen LogP contribution in [0.2, 0.25) is 0 Å². The van der Waals surface area contributed by atoms with Crippen molar-refractivity contribution in [1.82, 2.24) is 5.43 Å². The third kappa shape index (κ3) is 6.54. The third-order valence-electron chi connectivity index (χ3n) is 0.592. The van der Waals surface area contributed by atoms with Crippen molar-refractivity contribution in [1.29, 1.82) is 0 Å². The summed E-state index contributed by atoms with van der Waals surface area (Å²) in [5.74, 6) is 0. The summed E-state index contributed by atoms with van der Waals surface area (Å²) in [6.45, 7) is 5.12. The second-order valence-corrected chi connectivity index (χ2v) is 2.82.